The minimum absolute atomic E-state index is 0.191. The minimum Gasteiger partial charge on any atom is -0.462 e. The van der Waals surface area contributed by atoms with Crippen LogP contribution in [0.1, 0.15) is 20.8 Å². The fourth-order valence-electron chi connectivity index (χ4n) is 0.693. The summed E-state index contributed by atoms with van der Waals surface area (Å²) < 4.78 is 4.64. The van der Waals surface area contributed by atoms with Crippen LogP contribution in [0.2, 0.25) is 0 Å². The Morgan fingerprint density at radius 3 is 2.65 bits per heavy atom. The summed E-state index contributed by atoms with van der Waals surface area (Å²) in [7, 11) is 0. The van der Waals surface area contributed by atoms with Crippen molar-refractivity contribution in [3.8, 4) is 6.07 Å². The van der Waals surface area contributed by atoms with Crippen molar-refractivity contribution in [2.24, 2.45) is 10.3 Å². The Kier molecular flexibility index (Phi) is 6.78. The standard InChI is InChI=1S/C10H14N4O3/c1-4-17-10(15)9(5-11)6-12-13-7(2)8(3)14-16/h6,12,16H,4H2,1-3H3/b9-6?,13-7+,14-8+. The monoisotopic (exact) mass is 238 g/mol. The minimum atomic E-state index is -0.720. The van der Waals surface area contributed by atoms with Crippen molar-refractivity contribution in [2.75, 3.05) is 6.61 Å². The lowest BCUT2D eigenvalue weighted by molar-refractivity contribution is -0.138. The van der Waals surface area contributed by atoms with Crippen molar-refractivity contribution in [2.45, 2.75) is 20.8 Å². The lowest BCUT2D eigenvalue weighted by Gasteiger charge is -2.00. The quantitative estimate of drug-likeness (QED) is 0.184. The number of hydrogen-bond acceptors (Lipinski definition) is 7. The zero-order valence-electron chi connectivity index (χ0n) is 9.89. The molecule has 0 aromatic rings. The molecule has 0 rings (SSSR count). The Labute approximate surface area is 99.1 Å². The van der Waals surface area contributed by atoms with Gasteiger partial charge in [-0.05, 0) is 20.8 Å². The molecule has 0 aliphatic rings. The molecule has 0 radical (unpaired) electrons. The molecule has 0 fully saturated rings. The topological polar surface area (TPSA) is 107 Å². The number of carbonyl (C=O) groups excluding carboxylic acids is 1. The molecule has 0 spiro atoms. The molecule has 0 saturated heterocycles. The summed E-state index contributed by atoms with van der Waals surface area (Å²) >= 11 is 0. The second-order valence-electron chi connectivity index (χ2n) is 2.90. The highest BCUT2D eigenvalue weighted by molar-refractivity contribution is 6.40. The number of carbonyl (C=O) groups is 1. The van der Waals surface area contributed by atoms with E-state index >= 15 is 0 Å². The van der Waals surface area contributed by atoms with Gasteiger partial charge in [-0.25, -0.2) is 4.79 Å². The van der Waals surface area contributed by atoms with Gasteiger partial charge in [0.25, 0.3) is 0 Å². The Morgan fingerprint density at radius 1 is 1.53 bits per heavy atom. The highest BCUT2D eigenvalue weighted by Gasteiger charge is 2.08. The zero-order chi connectivity index (χ0) is 13.3. The lowest BCUT2D eigenvalue weighted by Crippen LogP contribution is -2.13. The van der Waals surface area contributed by atoms with E-state index in [0.717, 1.165) is 6.20 Å². The normalized spacial score (nSPS) is 12.9. The van der Waals surface area contributed by atoms with Gasteiger partial charge in [-0.15, -0.1) is 0 Å². The van der Waals surface area contributed by atoms with Crippen molar-refractivity contribution >= 4 is 17.4 Å². The molecule has 0 unspecified atom stereocenters. The van der Waals surface area contributed by atoms with E-state index in [-0.39, 0.29) is 12.2 Å². The van der Waals surface area contributed by atoms with Crippen LogP contribution in [0, 0.1) is 11.3 Å². The molecule has 0 aliphatic heterocycles. The van der Waals surface area contributed by atoms with Crippen molar-refractivity contribution in [3.05, 3.63) is 11.8 Å². The molecule has 0 aromatic heterocycles. The van der Waals surface area contributed by atoms with Gasteiger partial charge >= 0.3 is 5.97 Å². The van der Waals surface area contributed by atoms with Crippen LogP contribution >= 0.6 is 0 Å². The maximum Gasteiger partial charge on any atom is 0.350 e. The van der Waals surface area contributed by atoms with Gasteiger partial charge in [-0.1, -0.05) is 5.16 Å². The number of hydrazone groups is 1. The molecule has 0 atom stereocenters. The summed E-state index contributed by atoms with van der Waals surface area (Å²) in [5, 5.41) is 23.8. The molecular formula is C10H14N4O3. The second-order valence-corrected chi connectivity index (χ2v) is 2.90. The Balaban J connectivity index is 4.61. The second kappa shape index (κ2) is 7.87. The van der Waals surface area contributed by atoms with E-state index < -0.39 is 5.97 Å². The van der Waals surface area contributed by atoms with E-state index in [2.05, 4.69) is 20.4 Å². The van der Waals surface area contributed by atoms with Crippen LogP contribution in [0.3, 0.4) is 0 Å². The van der Waals surface area contributed by atoms with Gasteiger partial charge < -0.3 is 9.94 Å². The number of nitrogens with zero attached hydrogens (tertiary/aromatic N) is 3. The molecule has 0 amide bonds. The van der Waals surface area contributed by atoms with Crippen LogP contribution in [0.4, 0.5) is 0 Å². The fraction of sp³-hybridized carbons (Fsp3) is 0.400. The highest BCUT2D eigenvalue weighted by atomic mass is 16.5. The van der Waals surface area contributed by atoms with Crippen LogP contribution < -0.4 is 5.43 Å². The van der Waals surface area contributed by atoms with Crippen molar-refractivity contribution in [1.29, 1.82) is 5.26 Å². The van der Waals surface area contributed by atoms with Gasteiger partial charge in [-0.3, -0.25) is 5.43 Å². The van der Waals surface area contributed by atoms with Crippen molar-refractivity contribution in [1.82, 2.24) is 5.43 Å². The maximum absolute atomic E-state index is 11.2. The van der Waals surface area contributed by atoms with E-state index in [4.69, 9.17) is 10.5 Å². The van der Waals surface area contributed by atoms with Crippen molar-refractivity contribution in [3.63, 3.8) is 0 Å². The van der Waals surface area contributed by atoms with E-state index in [0.29, 0.717) is 11.4 Å². The van der Waals surface area contributed by atoms with Gasteiger partial charge in [0.2, 0.25) is 0 Å². The number of nitrogens with one attached hydrogen (secondary N) is 1. The largest absolute Gasteiger partial charge is 0.462 e. The first-order chi connectivity index (χ1) is 8.06. The number of hydrogen-bond donors (Lipinski definition) is 2. The smallest absolute Gasteiger partial charge is 0.350 e. The molecule has 7 nitrogen and oxygen atoms in total. The molecule has 92 valence electrons. The van der Waals surface area contributed by atoms with E-state index in [1.54, 1.807) is 26.8 Å². The number of rotatable bonds is 5. The van der Waals surface area contributed by atoms with Gasteiger partial charge in [0.15, 0.2) is 5.57 Å². The first kappa shape index (κ1) is 14.6. The van der Waals surface area contributed by atoms with E-state index in [9.17, 15) is 4.79 Å². The molecule has 2 N–H and O–H groups in total. The first-order valence-corrected chi connectivity index (χ1v) is 4.83. The molecule has 17 heavy (non-hydrogen) atoms. The predicted molar refractivity (Wildman–Crippen MR) is 61.5 cm³/mol. The fourth-order valence-corrected chi connectivity index (χ4v) is 0.693. The summed E-state index contributed by atoms with van der Waals surface area (Å²) in [6, 6.07) is 1.68. The summed E-state index contributed by atoms with van der Waals surface area (Å²) in [6.07, 6.45) is 1.12. The van der Waals surface area contributed by atoms with Gasteiger partial charge in [0.1, 0.15) is 6.07 Å². The molecule has 0 aromatic carbocycles. The Hall–Kier alpha value is -2.36. The van der Waals surface area contributed by atoms with Gasteiger partial charge in [-0.2, -0.15) is 10.4 Å². The third-order valence-corrected chi connectivity index (χ3v) is 1.73. The van der Waals surface area contributed by atoms with Crippen LogP contribution in [-0.2, 0) is 9.53 Å². The molecule has 0 bridgehead atoms. The summed E-state index contributed by atoms with van der Waals surface area (Å²) in [5.74, 6) is -0.720. The number of nitriles is 1. The lowest BCUT2D eigenvalue weighted by atomic mass is 10.3. The zero-order valence-corrected chi connectivity index (χ0v) is 9.89. The van der Waals surface area contributed by atoms with Crippen LogP contribution in [-0.4, -0.2) is 29.2 Å². The van der Waals surface area contributed by atoms with Gasteiger partial charge in [0, 0.05) is 6.20 Å². The summed E-state index contributed by atoms with van der Waals surface area (Å²) in [6.45, 7) is 4.99. The number of esters is 1. The average molecular weight is 238 g/mol. The molecule has 0 saturated carbocycles. The SMILES string of the molecule is CCOC(=O)C(C#N)=CN/N=C(C)/C(C)=N/O. The van der Waals surface area contributed by atoms with Crippen LogP contribution in [0.5, 0.6) is 0 Å². The Morgan fingerprint density at radius 2 is 2.18 bits per heavy atom. The molecule has 0 aliphatic carbocycles. The number of oxime groups is 1. The third kappa shape index (κ3) is 5.32. The predicted octanol–water partition coefficient (Wildman–Crippen LogP) is 0.773. The van der Waals surface area contributed by atoms with Crippen LogP contribution in [0.15, 0.2) is 22.0 Å². The first-order valence-electron chi connectivity index (χ1n) is 4.83. The molecule has 0 heterocycles. The van der Waals surface area contributed by atoms with Crippen molar-refractivity contribution < 1.29 is 14.7 Å². The average Bonchev–Trinajstić information content (AvgIpc) is 2.33. The molecule has 7 heteroatoms. The number of ether oxygens (including phenoxy) is 1. The van der Waals surface area contributed by atoms with E-state index in [1.807, 2.05) is 0 Å². The maximum atomic E-state index is 11.2. The molecular weight excluding hydrogens is 224 g/mol. The van der Waals surface area contributed by atoms with Gasteiger partial charge in [0.05, 0.1) is 18.0 Å². The van der Waals surface area contributed by atoms with Crippen LogP contribution in [0.25, 0.3) is 0 Å². The summed E-state index contributed by atoms with van der Waals surface area (Å²) in [4.78, 5) is 11.2. The Bertz CT molecular complexity index is 404. The summed E-state index contributed by atoms with van der Waals surface area (Å²) in [5.41, 5.74) is 2.95. The van der Waals surface area contributed by atoms with E-state index in [1.165, 1.54) is 0 Å². The third-order valence-electron chi connectivity index (χ3n) is 1.73. The highest BCUT2D eigenvalue weighted by Crippen LogP contribution is 1.94.